The number of alkyl halides is 6. The first-order valence-electron chi connectivity index (χ1n) is 12.7. The number of carboxylic acid groups (broad SMARTS) is 1. The van der Waals surface area contributed by atoms with E-state index in [1.54, 1.807) is 12.2 Å². The summed E-state index contributed by atoms with van der Waals surface area (Å²) in [4.78, 5) is 32.9. The number of aromatic nitrogens is 2. The van der Waals surface area contributed by atoms with Gasteiger partial charge in [-0.15, -0.1) is 0 Å². The lowest BCUT2D eigenvalue weighted by Gasteiger charge is -2.28. The molecule has 2 atom stereocenters. The van der Waals surface area contributed by atoms with E-state index in [9.17, 15) is 35.9 Å². The van der Waals surface area contributed by atoms with Crippen LogP contribution in [-0.2, 0) is 17.4 Å². The molecule has 1 aromatic heterocycles. The Morgan fingerprint density at radius 3 is 2.29 bits per heavy atom. The molecule has 216 valence electrons. The van der Waals surface area contributed by atoms with Crippen LogP contribution in [-0.4, -0.2) is 39.2 Å². The van der Waals surface area contributed by atoms with E-state index in [1.807, 2.05) is 0 Å². The number of aryl methyl sites for hydroxylation is 1. The molecule has 1 amide bonds. The Morgan fingerprint density at radius 2 is 1.68 bits per heavy atom. The van der Waals surface area contributed by atoms with Crippen molar-refractivity contribution in [2.45, 2.75) is 50.5 Å². The van der Waals surface area contributed by atoms with Crippen LogP contribution in [0.5, 0.6) is 0 Å². The second kappa shape index (κ2) is 12.1. The molecule has 0 fully saturated rings. The summed E-state index contributed by atoms with van der Waals surface area (Å²) in [7, 11) is 0. The van der Waals surface area contributed by atoms with Gasteiger partial charge in [-0.2, -0.15) is 26.3 Å². The van der Waals surface area contributed by atoms with Crippen molar-refractivity contribution < 1.29 is 41.0 Å². The molecule has 0 spiro atoms. The molecule has 1 aliphatic carbocycles. The minimum absolute atomic E-state index is 0.0736. The normalized spacial score (nSPS) is 16.1. The maximum atomic E-state index is 13.8. The summed E-state index contributed by atoms with van der Waals surface area (Å²) in [5.74, 6) is -2.90. The number of halogens is 6. The molecule has 1 unspecified atom stereocenters. The van der Waals surface area contributed by atoms with Crippen LogP contribution in [0.3, 0.4) is 0 Å². The average Bonchev–Trinajstić information content (AvgIpc) is 2.92. The van der Waals surface area contributed by atoms with Gasteiger partial charge >= 0.3 is 18.3 Å². The molecule has 12 heteroatoms. The quantitative estimate of drug-likeness (QED) is 0.213. The van der Waals surface area contributed by atoms with Crippen LogP contribution in [0.25, 0.3) is 22.3 Å². The van der Waals surface area contributed by atoms with Crippen molar-refractivity contribution in [2.75, 3.05) is 0 Å². The topological polar surface area (TPSA) is 92.2 Å². The minimum Gasteiger partial charge on any atom is -0.481 e. The number of nitrogens with zero attached hydrogens (tertiary/aromatic N) is 2. The average molecular weight is 578 g/mol. The number of fused-ring (bicyclic) bond motifs is 1. The fourth-order valence-electron chi connectivity index (χ4n) is 4.53. The number of hydrogen-bond acceptors (Lipinski definition) is 4. The number of aliphatic carboxylic acids is 1. The highest BCUT2D eigenvalue weighted by Gasteiger charge is 2.44. The third-order valence-corrected chi connectivity index (χ3v) is 6.62. The van der Waals surface area contributed by atoms with E-state index < -0.39 is 41.8 Å². The van der Waals surface area contributed by atoms with Crippen molar-refractivity contribution in [1.82, 2.24) is 15.3 Å². The molecule has 0 aliphatic heterocycles. The van der Waals surface area contributed by atoms with Crippen molar-refractivity contribution >= 4 is 22.9 Å². The number of unbranched alkanes of at least 4 members (excludes halogenated alkanes) is 1. The lowest BCUT2D eigenvalue weighted by atomic mass is 9.92. The smallest absolute Gasteiger partial charge is 0.416 e. The largest absolute Gasteiger partial charge is 0.481 e. The second-order valence-corrected chi connectivity index (χ2v) is 9.60. The van der Waals surface area contributed by atoms with Crippen LogP contribution < -0.4 is 5.32 Å². The minimum atomic E-state index is -4.69. The summed E-state index contributed by atoms with van der Waals surface area (Å²) < 4.78 is 80.5. The Morgan fingerprint density at radius 1 is 0.951 bits per heavy atom. The number of nitrogens with one attached hydrogen (secondary N) is 1. The maximum Gasteiger partial charge on any atom is 0.416 e. The molecular weight excluding hydrogens is 552 g/mol. The standard InChI is InChI=1S/C29H25F6N3O3/c30-28(31,32)20-13-10-17(11-14-20)25-22(8-4-5-9-24(39)40)36-23-16-19(12-15-21(23)37-25)27(41)38-26(29(33,34)35)18-6-2-1-3-7-18/h1-3,6,10-16,18,26H,4-5,7-9H2,(H,38,41)(H,39,40)/t18?,26-/m0/s1. The first-order valence-corrected chi connectivity index (χ1v) is 12.7. The van der Waals surface area contributed by atoms with Crippen molar-refractivity contribution in [3.63, 3.8) is 0 Å². The Labute approximate surface area is 230 Å². The fraction of sp³-hybridized carbons (Fsp3) is 0.310. The summed E-state index contributed by atoms with van der Waals surface area (Å²) in [6, 6.07) is 6.25. The molecule has 3 aromatic rings. The van der Waals surface area contributed by atoms with Gasteiger partial charge in [0.05, 0.1) is 28.0 Å². The number of amides is 1. The molecule has 4 rings (SSSR count). The zero-order valence-electron chi connectivity index (χ0n) is 21.5. The van der Waals surface area contributed by atoms with E-state index in [1.165, 1.54) is 42.5 Å². The summed E-state index contributed by atoms with van der Waals surface area (Å²) >= 11 is 0. The van der Waals surface area contributed by atoms with Gasteiger partial charge < -0.3 is 10.4 Å². The number of carbonyl (C=O) groups is 2. The van der Waals surface area contributed by atoms with E-state index in [0.717, 1.165) is 12.1 Å². The Hall–Kier alpha value is -4.22. The Bertz CT molecular complexity index is 1480. The van der Waals surface area contributed by atoms with E-state index in [4.69, 9.17) is 5.11 Å². The number of benzene rings is 2. The van der Waals surface area contributed by atoms with Crippen molar-refractivity contribution in [3.8, 4) is 11.3 Å². The zero-order chi connectivity index (χ0) is 29.8. The van der Waals surface area contributed by atoms with Gasteiger partial charge in [0.25, 0.3) is 5.91 Å². The Balaban J connectivity index is 1.66. The highest BCUT2D eigenvalue weighted by atomic mass is 19.4. The molecule has 1 heterocycles. The molecule has 2 N–H and O–H groups in total. The second-order valence-electron chi connectivity index (χ2n) is 9.60. The van der Waals surface area contributed by atoms with E-state index >= 15 is 0 Å². The molecule has 0 radical (unpaired) electrons. The van der Waals surface area contributed by atoms with Crippen molar-refractivity contribution in [2.24, 2.45) is 5.92 Å². The Kier molecular flexibility index (Phi) is 8.79. The first kappa shape index (κ1) is 29.8. The van der Waals surface area contributed by atoms with Crippen LogP contribution in [0, 0.1) is 5.92 Å². The summed E-state index contributed by atoms with van der Waals surface area (Å²) in [5.41, 5.74) is 0.552. The number of carbonyl (C=O) groups excluding carboxylic acids is 1. The van der Waals surface area contributed by atoms with E-state index in [-0.39, 0.29) is 41.6 Å². The highest BCUT2D eigenvalue weighted by molar-refractivity contribution is 5.97. The predicted octanol–water partition coefficient (Wildman–Crippen LogP) is 6.91. The maximum absolute atomic E-state index is 13.8. The van der Waals surface area contributed by atoms with Crippen LogP contribution in [0.2, 0.25) is 0 Å². The van der Waals surface area contributed by atoms with Gasteiger partial charge in [-0.1, -0.05) is 36.4 Å². The molecule has 1 aliphatic rings. The SMILES string of the molecule is O=C(O)CCCCc1nc2cc(C(=O)N[C@@H](C3C=CC=CC3)C(F)(F)F)ccc2nc1-c1ccc(C(F)(F)F)cc1. The fourth-order valence-corrected chi connectivity index (χ4v) is 4.53. The molecule has 0 saturated heterocycles. The zero-order valence-corrected chi connectivity index (χ0v) is 21.5. The number of hydrogen-bond donors (Lipinski definition) is 2. The third-order valence-electron chi connectivity index (χ3n) is 6.62. The summed E-state index contributed by atoms with van der Waals surface area (Å²) in [6.45, 7) is 0. The van der Waals surface area contributed by atoms with Gasteiger partial charge in [-0.05, 0) is 56.0 Å². The third kappa shape index (κ3) is 7.50. The molecule has 6 nitrogen and oxygen atoms in total. The lowest BCUT2D eigenvalue weighted by Crippen LogP contribution is -2.49. The molecule has 2 aromatic carbocycles. The van der Waals surface area contributed by atoms with E-state index in [0.29, 0.717) is 24.1 Å². The van der Waals surface area contributed by atoms with Gasteiger partial charge in [-0.3, -0.25) is 9.59 Å². The van der Waals surface area contributed by atoms with Gasteiger partial charge in [0.2, 0.25) is 0 Å². The summed E-state index contributed by atoms with van der Waals surface area (Å²) in [5, 5.41) is 11.0. The molecule has 41 heavy (non-hydrogen) atoms. The van der Waals surface area contributed by atoms with Crippen molar-refractivity contribution in [1.29, 1.82) is 0 Å². The first-order chi connectivity index (χ1) is 19.3. The predicted molar refractivity (Wildman–Crippen MR) is 139 cm³/mol. The molecule has 0 bridgehead atoms. The van der Waals surface area contributed by atoms with Crippen LogP contribution in [0.1, 0.15) is 47.3 Å². The summed E-state index contributed by atoms with van der Waals surface area (Å²) in [6.07, 6.45) is -2.15. The van der Waals surface area contributed by atoms with Gasteiger partial charge in [0, 0.05) is 23.5 Å². The lowest BCUT2D eigenvalue weighted by molar-refractivity contribution is -0.161. The molecular formula is C29H25F6N3O3. The molecule has 0 saturated carbocycles. The number of rotatable bonds is 9. The van der Waals surface area contributed by atoms with Gasteiger partial charge in [0.15, 0.2) is 0 Å². The van der Waals surface area contributed by atoms with Gasteiger partial charge in [0.1, 0.15) is 6.04 Å². The van der Waals surface area contributed by atoms with Crippen LogP contribution in [0.4, 0.5) is 26.3 Å². The van der Waals surface area contributed by atoms with E-state index in [2.05, 4.69) is 15.3 Å². The monoisotopic (exact) mass is 577 g/mol. The van der Waals surface area contributed by atoms with Crippen molar-refractivity contribution in [3.05, 3.63) is 83.6 Å². The van der Waals surface area contributed by atoms with Crippen LogP contribution in [0.15, 0.2) is 66.8 Å². The number of allylic oxidation sites excluding steroid dienone is 3. The highest BCUT2D eigenvalue weighted by Crippen LogP contribution is 2.33. The number of carboxylic acids is 1. The van der Waals surface area contributed by atoms with Crippen LogP contribution >= 0.6 is 0 Å². The van der Waals surface area contributed by atoms with Gasteiger partial charge in [-0.25, -0.2) is 9.97 Å².